The molecule has 0 saturated carbocycles. The fourth-order valence-electron chi connectivity index (χ4n) is 5.52. The number of rotatable bonds is 7. The first-order chi connectivity index (χ1) is 17.0. The van der Waals surface area contributed by atoms with Gasteiger partial charge in [-0.1, -0.05) is 42.5 Å². The first kappa shape index (κ1) is 23.5. The number of ether oxygens (including phenoxy) is 1. The molecular weight excluding hydrogens is 446 g/mol. The highest BCUT2D eigenvalue weighted by Crippen LogP contribution is 2.36. The van der Waals surface area contributed by atoms with Gasteiger partial charge in [0.15, 0.2) is 6.10 Å². The Morgan fingerprint density at radius 3 is 2.09 bits per heavy atom. The summed E-state index contributed by atoms with van der Waals surface area (Å²) in [6.07, 6.45) is 2.48. The van der Waals surface area contributed by atoms with E-state index in [1.807, 2.05) is 42.5 Å². The predicted molar refractivity (Wildman–Crippen MR) is 132 cm³/mol. The van der Waals surface area contributed by atoms with Crippen LogP contribution < -0.4 is 4.90 Å². The molecule has 0 radical (unpaired) electrons. The van der Waals surface area contributed by atoms with Gasteiger partial charge in [-0.25, -0.2) is 13.6 Å². The minimum absolute atomic E-state index is 0.127. The van der Waals surface area contributed by atoms with E-state index in [1.165, 1.54) is 24.3 Å². The van der Waals surface area contributed by atoms with Crippen LogP contribution in [0.1, 0.15) is 24.0 Å². The fourth-order valence-corrected chi connectivity index (χ4v) is 5.52. The van der Waals surface area contributed by atoms with E-state index in [0.29, 0.717) is 12.5 Å². The Morgan fingerprint density at radius 1 is 0.857 bits per heavy atom. The van der Waals surface area contributed by atoms with E-state index in [-0.39, 0.29) is 23.8 Å². The summed E-state index contributed by atoms with van der Waals surface area (Å²) in [6.45, 7) is 4.28. The highest BCUT2D eigenvalue weighted by Gasteiger charge is 2.47. The minimum atomic E-state index is -0.365. The summed E-state index contributed by atoms with van der Waals surface area (Å²) in [5, 5.41) is 0. The standard InChI is InChI=1S/C29H31F2N2O2/c30-25-10-6-22(7-11-25)14-17-33-18-15-24(16-19-33)28(21-33)35-29(34)32(27-4-2-1-3-5-27)20-23-8-12-26(31)13-9-23/h1-13,24,28H,14-21H2/q+1/t24?,28-,33?/m0/s1. The van der Waals surface area contributed by atoms with Crippen LogP contribution in [-0.2, 0) is 17.7 Å². The number of nitrogens with zero attached hydrogens (tertiary/aromatic N) is 2. The van der Waals surface area contributed by atoms with E-state index in [2.05, 4.69) is 0 Å². The third-order valence-electron chi connectivity index (χ3n) is 7.62. The van der Waals surface area contributed by atoms with Gasteiger partial charge in [-0.15, -0.1) is 0 Å². The van der Waals surface area contributed by atoms with Gasteiger partial charge in [0.25, 0.3) is 0 Å². The molecule has 6 heteroatoms. The third-order valence-corrected chi connectivity index (χ3v) is 7.62. The summed E-state index contributed by atoms with van der Waals surface area (Å²) in [4.78, 5) is 15.1. The van der Waals surface area contributed by atoms with Crippen molar-refractivity contribution in [3.05, 3.63) is 102 Å². The number of quaternary nitrogens is 1. The lowest BCUT2D eigenvalue weighted by atomic mass is 9.83. The number of halogens is 2. The average molecular weight is 478 g/mol. The van der Waals surface area contributed by atoms with Crippen LogP contribution in [-0.4, -0.2) is 42.9 Å². The van der Waals surface area contributed by atoms with E-state index < -0.39 is 0 Å². The molecule has 3 fully saturated rings. The lowest BCUT2D eigenvalue weighted by Crippen LogP contribution is -2.65. The zero-order valence-corrected chi connectivity index (χ0v) is 19.8. The number of hydrogen-bond donors (Lipinski definition) is 0. The lowest BCUT2D eigenvalue weighted by molar-refractivity contribution is -0.945. The first-order valence-electron chi connectivity index (χ1n) is 12.4. The maximum Gasteiger partial charge on any atom is 0.415 e. The second-order valence-electron chi connectivity index (χ2n) is 9.88. The summed E-state index contributed by atoms with van der Waals surface area (Å²) in [5.74, 6) is -0.132. The molecule has 0 aromatic heterocycles. The molecule has 3 aromatic carbocycles. The van der Waals surface area contributed by atoms with E-state index in [1.54, 1.807) is 17.0 Å². The molecule has 182 valence electrons. The molecule has 2 bridgehead atoms. The van der Waals surface area contributed by atoms with Crippen molar-refractivity contribution >= 4 is 11.8 Å². The number of hydrogen-bond acceptors (Lipinski definition) is 2. The van der Waals surface area contributed by atoms with Gasteiger partial charge < -0.3 is 9.22 Å². The van der Waals surface area contributed by atoms with Crippen LogP contribution in [0.25, 0.3) is 0 Å². The number of carbonyl (C=O) groups excluding carboxylic acids is 1. The van der Waals surface area contributed by atoms with Gasteiger partial charge in [0, 0.05) is 30.9 Å². The van der Waals surface area contributed by atoms with E-state index in [4.69, 9.17) is 4.74 Å². The number of carbonyl (C=O) groups is 1. The van der Waals surface area contributed by atoms with Crippen molar-refractivity contribution in [2.24, 2.45) is 5.92 Å². The monoisotopic (exact) mass is 477 g/mol. The molecule has 3 aliphatic heterocycles. The molecule has 3 saturated heterocycles. The Labute approximate surface area is 205 Å². The second-order valence-corrected chi connectivity index (χ2v) is 9.88. The summed E-state index contributed by atoms with van der Waals surface area (Å²) in [7, 11) is 0. The van der Waals surface area contributed by atoms with Crippen molar-refractivity contribution < 1.29 is 22.8 Å². The van der Waals surface area contributed by atoms with E-state index >= 15 is 0 Å². The Morgan fingerprint density at radius 2 is 1.46 bits per heavy atom. The summed E-state index contributed by atoms with van der Waals surface area (Å²) in [6, 6.07) is 22.4. The number of anilines is 1. The Bertz CT molecular complexity index is 1130. The molecule has 6 rings (SSSR count). The fraction of sp³-hybridized carbons (Fsp3) is 0.345. The topological polar surface area (TPSA) is 29.5 Å². The Balaban J connectivity index is 1.28. The molecule has 4 nitrogen and oxygen atoms in total. The lowest BCUT2D eigenvalue weighted by Gasteiger charge is -2.52. The molecule has 0 unspecified atom stereocenters. The zero-order valence-electron chi connectivity index (χ0n) is 19.8. The van der Waals surface area contributed by atoms with Crippen LogP contribution in [0, 0.1) is 17.6 Å². The highest BCUT2D eigenvalue weighted by atomic mass is 19.1. The summed E-state index contributed by atoms with van der Waals surface area (Å²) >= 11 is 0. The number of fused-ring (bicyclic) bond motifs is 3. The SMILES string of the molecule is O=C(O[C@H]1C[N+]2(CCc3ccc(F)cc3)CCC1CC2)N(Cc1ccc(F)cc1)c1ccccc1. The number of para-hydroxylation sites is 1. The van der Waals surface area contributed by atoms with Gasteiger partial charge in [-0.2, -0.15) is 0 Å². The molecule has 0 spiro atoms. The van der Waals surface area contributed by atoms with Crippen molar-refractivity contribution in [1.82, 2.24) is 0 Å². The van der Waals surface area contributed by atoms with Crippen LogP contribution in [0.5, 0.6) is 0 Å². The van der Waals surface area contributed by atoms with Gasteiger partial charge in [-0.05, 0) is 47.5 Å². The van der Waals surface area contributed by atoms with E-state index in [9.17, 15) is 13.6 Å². The molecule has 3 aliphatic rings. The van der Waals surface area contributed by atoms with E-state index in [0.717, 1.165) is 66.7 Å². The number of benzene rings is 3. The average Bonchev–Trinajstić information content (AvgIpc) is 2.89. The van der Waals surface area contributed by atoms with Crippen LogP contribution >= 0.6 is 0 Å². The quantitative estimate of drug-likeness (QED) is 0.393. The second kappa shape index (κ2) is 10.2. The van der Waals surface area contributed by atoms with Gasteiger partial charge in [0.2, 0.25) is 0 Å². The normalized spacial score (nSPS) is 23.1. The first-order valence-corrected chi connectivity index (χ1v) is 12.4. The molecule has 1 atom stereocenters. The maximum atomic E-state index is 13.5. The van der Waals surface area contributed by atoms with Crippen molar-refractivity contribution in [2.45, 2.75) is 31.9 Å². The number of amides is 1. The minimum Gasteiger partial charge on any atom is -0.440 e. The Kier molecular flexibility index (Phi) is 6.82. The van der Waals surface area contributed by atoms with Crippen LogP contribution in [0.2, 0.25) is 0 Å². The predicted octanol–water partition coefficient (Wildman–Crippen LogP) is 5.96. The summed E-state index contributed by atoms with van der Waals surface area (Å²) < 4.78 is 33.8. The molecule has 3 aromatic rings. The molecule has 35 heavy (non-hydrogen) atoms. The molecule has 3 heterocycles. The van der Waals surface area contributed by atoms with Gasteiger partial charge in [0.05, 0.1) is 26.2 Å². The third kappa shape index (κ3) is 5.54. The van der Waals surface area contributed by atoms with Gasteiger partial charge in [-0.3, -0.25) is 4.90 Å². The molecule has 1 amide bonds. The largest absolute Gasteiger partial charge is 0.440 e. The molecular formula is C29H31F2N2O2+. The zero-order chi connectivity index (χ0) is 24.3. The van der Waals surface area contributed by atoms with Crippen molar-refractivity contribution in [1.29, 1.82) is 0 Å². The molecule has 0 aliphatic carbocycles. The Hall–Kier alpha value is -3.25. The maximum absolute atomic E-state index is 13.5. The van der Waals surface area contributed by atoms with Crippen molar-refractivity contribution in [3.8, 4) is 0 Å². The highest BCUT2D eigenvalue weighted by molar-refractivity contribution is 5.87. The van der Waals surface area contributed by atoms with Crippen LogP contribution in [0.4, 0.5) is 19.3 Å². The molecule has 0 N–H and O–H groups in total. The smallest absolute Gasteiger partial charge is 0.415 e. The van der Waals surface area contributed by atoms with Gasteiger partial charge >= 0.3 is 6.09 Å². The van der Waals surface area contributed by atoms with Crippen LogP contribution in [0.15, 0.2) is 78.9 Å². The van der Waals surface area contributed by atoms with Crippen molar-refractivity contribution in [3.63, 3.8) is 0 Å². The summed E-state index contributed by atoms with van der Waals surface area (Å²) in [5.41, 5.74) is 2.72. The van der Waals surface area contributed by atoms with Gasteiger partial charge in [0.1, 0.15) is 18.2 Å². The van der Waals surface area contributed by atoms with Crippen LogP contribution in [0.3, 0.4) is 0 Å². The number of piperidine rings is 3. The van der Waals surface area contributed by atoms with Crippen molar-refractivity contribution in [2.75, 3.05) is 31.1 Å².